The second-order valence-corrected chi connectivity index (χ2v) is 5.59. The quantitative estimate of drug-likeness (QED) is 0.757. The monoisotopic (exact) mass is 253 g/mol. The molecule has 0 aliphatic heterocycles. The van der Waals surface area contributed by atoms with Gasteiger partial charge in [-0.25, -0.2) is 0 Å². The third-order valence-corrected chi connectivity index (χ3v) is 2.34. The van der Waals surface area contributed by atoms with Crippen LogP contribution in [0, 0.1) is 6.92 Å². The smallest absolute Gasteiger partial charge is 0.307 e. The normalized spacial score (nSPS) is 11.9. The number of carbonyl (C=O) groups excluding carboxylic acids is 1. The van der Waals surface area contributed by atoms with E-state index < -0.39 is 5.60 Å². The summed E-state index contributed by atoms with van der Waals surface area (Å²) in [5, 5.41) is 0. The van der Waals surface area contributed by atoms with Crippen molar-refractivity contribution < 1.29 is 13.9 Å². The van der Waals surface area contributed by atoms with Gasteiger partial charge in [0.15, 0.2) is 0 Å². The summed E-state index contributed by atoms with van der Waals surface area (Å²) in [6.45, 7) is 8.91. The molecule has 1 aromatic heterocycles. The third kappa shape index (κ3) is 5.87. The average Bonchev–Trinajstić information content (AvgIpc) is 2.58. The molecule has 0 amide bonds. The minimum atomic E-state index is -0.409. The lowest BCUT2D eigenvalue weighted by molar-refractivity contribution is -0.155. The van der Waals surface area contributed by atoms with E-state index in [1.54, 1.807) is 0 Å². The Morgan fingerprint density at radius 2 is 2.06 bits per heavy atom. The first-order chi connectivity index (χ1) is 8.26. The first-order valence-electron chi connectivity index (χ1n) is 6.22. The summed E-state index contributed by atoms with van der Waals surface area (Å²) in [7, 11) is 1.96. The lowest BCUT2D eigenvalue weighted by atomic mass is 10.2. The van der Waals surface area contributed by atoms with Crippen molar-refractivity contribution in [3.63, 3.8) is 0 Å². The molecule has 0 unspecified atom stereocenters. The highest BCUT2D eigenvalue weighted by Gasteiger charge is 2.16. The van der Waals surface area contributed by atoms with Crippen LogP contribution in [0.15, 0.2) is 16.5 Å². The van der Waals surface area contributed by atoms with Crippen LogP contribution in [0.25, 0.3) is 0 Å². The molecule has 0 aromatic carbocycles. The summed E-state index contributed by atoms with van der Waals surface area (Å²) in [4.78, 5) is 13.6. The van der Waals surface area contributed by atoms with Gasteiger partial charge in [0.25, 0.3) is 0 Å². The molecule has 18 heavy (non-hydrogen) atoms. The molecular weight excluding hydrogens is 230 g/mol. The Kier molecular flexibility index (Phi) is 4.96. The van der Waals surface area contributed by atoms with Crippen LogP contribution < -0.4 is 0 Å². The van der Waals surface area contributed by atoms with Crippen LogP contribution in [0.5, 0.6) is 0 Å². The minimum absolute atomic E-state index is 0.162. The van der Waals surface area contributed by atoms with Crippen molar-refractivity contribution in [1.29, 1.82) is 0 Å². The summed E-state index contributed by atoms with van der Waals surface area (Å²) in [5.74, 6) is 1.66. The zero-order chi connectivity index (χ0) is 13.8. The molecule has 0 N–H and O–H groups in total. The van der Waals surface area contributed by atoms with E-state index in [1.807, 2.05) is 51.8 Å². The van der Waals surface area contributed by atoms with Crippen molar-refractivity contribution in [2.24, 2.45) is 0 Å². The molecule has 0 aliphatic carbocycles. The summed E-state index contributed by atoms with van der Waals surface area (Å²) in [6.07, 6.45) is 0.396. The molecule has 1 rings (SSSR count). The maximum atomic E-state index is 11.5. The number of esters is 1. The minimum Gasteiger partial charge on any atom is -0.465 e. The third-order valence-electron chi connectivity index (χ3n) is 2.34. The van der Waals surface area contributed by atoms with E-state index in [2.05, 4.69) is 0 Å². The van der Waals surface area contributed by atoms with E-state index in [0.717, 1.165) is 11.5 Å². The number of hydrogen-bond donors (Lipinski definition) is 0. The molecule has 4 nitrogen and oxygen atoms in total. The Morgan fingerprint density at radius 1 is 1.39 bits per heavy atom. The topological polar surface area (TPSA) is 42.7 Å². The molecule has 0 spiro atoms. The van der Waals surface area contributed by atoms with E-state index in [9.17, 15) is 4.79 Å². The predicted molar refractivity (Wildman–Crippen MR) is 70.2 cm³/mol. The van der Waals surface area contributed by atoms with Gasteiger partial charge < -0.3 is 9.15 Å². The standard InChI is InChI=1S/C14H23NO3/c1-11-6-7-12(17-11)10-15(5)9-8-13(16)18-14(2,3)4/h6-7H,8-10H2,1-5H3. The molecule has 0 atom stereocenters. The molecule has 1 heterocycles. The van der Waals surface area contributed by atoms with E-state index in [-0.39, 0.29) is 5.97 Å². The maximum Gasteiger partial charge on any atom is 0.307 e. The van der Waals surface area contributed by atoms with Gasteiger partial charge in [0, 0.05) is 6.54 Å². The molecular formula is C14H23NO3. The van der Waals surface area contributed by atoms with Crippen LogP contribution in [-0.2, 0) is 16.1 Å². The Bertz CT molecular complexity index is 390. The van der Waals surface area contributed by atoms with Crippen molar-refractivity contribution in [3.8, 4) is 0 Å². The van der Waals surface area contributed by atoms with Gasteiger partial charge in [-0.05, 0) is 46.9 Å². The van der Waals surface area contributed by atoms with Crippen LogP contribution in [0.2, 0.25) is 0 Å². The molecule has 0 aliphatic rings. The highest BCUT2D eigenvalue weighted by molar-refractivity contribution is 5.70. The molecule has 0 radical (unpaired) electrons. The van der Waals surface area contributed by atoms with Gasteiger partial charge in [0.1, 0.15) is 17.1 Å². The van der Waals surface area contributed by atoms with E-state index >= 15 is 0 Å². The first kappa shape index (κ1) is 14.8. The molecule has 102 valence electrons. The lowest BCUT2D eigenvalue weighted by Gasteiger charge is -2.21. The fourth-order valence-electron chi connectivity index (χ4n) is 1.59. The van der Waals surface area contributed by atoms with Gasteiger partial charge >= 0.3 is 5.97 Å². The van der Waals surface area contributed by atoms with Crippen molar-refractivity contribution in [2.75, 3.05) is 13.6 Å². The van der Waals surface area contributed by atoms with Crippen LogP contribution in [-0.4, -0.2) is 30.1 Å². The van der Waals surface area contributed by atoms with Crippen molar-refractivity contribution >= 4 is 5.97 Å². The van der Waals surface area contributed by atoms with Gasteiger partial charge in [0.05, 0.1) is 13.0 Å². The second kappa shape index (κ2) is 6.05. The Labute approximate surface area is 109 Å². The summed E-state index contributed by atoms with van der Waals surface area (Å²) >= 11 is 0. The van der Waals surface area contributed by atoms with Gasteiger partial charge in [-0.2, -0.15) is 0 Å². The average molecular weight is 253 g/mol. The van der Waals surface area contributed by atoms with E-state index in [1.165, 1.54) is 0 Å². The highest BCUT2D eigenvalue weighted by Crippen LogP contribution is 2.10. The lowest BCUT2D eigenvalue weighted by Crippen LogP contribution is -2.27. The van der Waals surface area contributed by atoms with Gasteiger partial charge in [-0.15, -0.1) is 0 Å². The van der Waals surface area contributed by atoms with Gasteiger partial charge in [-0.3, -0.25) is 9.69 Å². The summed E-state index contributed by atoms with van der Waals surface area (Å²) in [6, 6.07) is 3.90. The van der Waals surface area contributed by atoms with E-state index in [4.69, 9.17) is 9.15 Å². The van der Waals surface area contributed by atoms with Crippen molar-refractivity contribution in [1.82, 2.24) is 4.90 Å². The van der Waals surface area contributed by atoms with Crippen LogP contribution in [0.3, 0.4) is 0 Å². The van der Waals surface area contributed by atoms with Crippen molar-refractivity contribution in [2.45, 2.75) is 46.3 Å². The number of hydrogen-bond acceptors (Lipinski definition) is 4. The number of furan rings is 1. The van der Waals surface area contributed by atoms with Crippen molar-refractivity contribution in [3.05, 3.63) is 23.7 Å². The molecule has 0 saturated heterocycles. The van der Waals surface area contributed by atoms with Crippen LogP contribution in [0.1, 0.15) is 38.7 Å². The Morgan fingerprint density at radius 3 is 2.56 bits per heavy atom. The number of ether oxygens (including phenoxy) is 1. The Hall–Kier alpha value is -1.29. The molecule has 0 bridgehead atoms. The largest absolute Gasteiger partial charge is 0.465 e. The fraction of sp³-hybridized carbons (Fsp3) is 0.643. The fourth-order valence-corrected chi connectivity index (χ4v) is 1.59. The van der Waals surface area contributed by atoms with Crippen LogP contribution >= 0.6 is 0 Å². The molecule has 4 heteroatoms. The van der Waals surface area contributed by atoms with Crippen LogP contribution in [0.4, 0.5) is 0 Å². The predicted octanol–water partition coefficient (Wildman–Crippen LogP) is 2.75. The number of nitrogens with zero attached hydrogens (tertiary/aromatic N) is 1. The molecule has 0 fully saturated rings. The highest BCUT2D eigenvalue weighted by atomic mass is 16.6. The number of rotatable bonds is 5. The SMILES string of the molecule is Cc1ccc(CN(C)CCC(=O)OC(C)(C)C)o1. The van der Waals surface area contributed by atoms with E-state index in [0.29, 0.717) is 19.5 Å². The van der Waals surface area contributed by atoms with Gasteiger partial charge in [-0.1, -0.05) is 0 Å². The zero-order valence-electron chi connectivity index (χ0n) is 11.9. The first-order valence-corrected chi connectivity index (χ1v) is 6.22. The maximum absolute atomic E-state index is 11.5. The number of carbonyl (C=O) groups is 1. The summed E-state index contributed by atoms with van der Waals surface area (Å²) < 4.78 is 10.7. The zero-order valence-corrected chi connectivity index (χ0v) is 11.9. The summed E-state index contributed by atoms with van der Waals surface area (Å²) in [5.41, 5.74) is -0.409. The molecule has 0 saturated carbocycles. The molecule has 1 aromatic rings. The Balaban J connectivity index is 2.29. The second-order valence-electron chi connectivity index (χ2n) is 5.59. The van der Waals surface area contributed by atoms with Gasteiger partial charge in [0.2, 0.25) is 0 Å². The number of aryl methyl sites for hydroxylation is 1.